The van der Waals surface area contributed by atoms with Gasteiger partial charge in [0.25, 0.3) is 0 Å². The molecule has 1 heteroatoms. The molecule has 1 nitrogen and oxygen atoms in total. The summed E-state index contributed by atoms with van der Waals surface area (Å²) in [5, 5.41) is 0. The van der Waals surface area contributed by atoms with Gasteiger partial charge in [0.05, 0.1) is 0 Å². The van der Waals surface area contributed by atoms with E-state index in [1.807, 2.05) is 48.5 Å². The molecule has 0 spiro atoms. The highest BCUT2D eigenvalue weighted by atomic mass is 16.1. The van der Waals surface area contributed by atoms with Gasteiger partial charge in [0.1, 0.15) is 0 Å². The molecule has 0 amide bonds. The highest BCUT2D eigenvalue weighted by molar-refractivity contribution is 6.10. The van der Waals surface area contributed by atoms with Crippen LogP contribution >= 0.6 is 0 Å². The second-order valence-electron chi connectivity index (χ2n) is 4.59. The average molecular weight is 238 g/mol. The lowest BCUT2D eigenvalue weighted by Gasteiger charge is -2.14. The first kappa shape index (κ1) is 12.6. The van der Waals surface area contributed by atoms with Crippen molar-refractivity contribution in [2.75, 3.05) is 0 Å². The Morgan fingerprint density at radius 2 is 1.61 bits per heavy atom. The minimum absolute atomic E-state index is 0.117. The van der Waals surface area contributed by atoms with E-state index >= 15 is 0 Å². The number of rotatable bonds is 4. The topological polar surface area (TPSA) is 17.1 Å². The standard InChI is InChI=1S/C17H18O/c1-3-13(2)15-11-7-8-12-16(15)17(18)14-9-5-4-6-10-14/h4-13H,3H2,1-2H3. The Morgan fingerprint density at radius 1 is 1.00 bits per heavy atom. The van der Waals surface area contributed by atoms with Crippen molar-refractivity contribution in [3.8, 4) is 0 Å². The second kappa shape index (κ2) is 5.63. The van der Waals surface area contributed by atoms with Crippen LogP contribution in [0.1, 0.15) is 47.7 Å². The molecule has 0 bridgehead atoms. The van der Waals surface area contributed by atoms with Gasteiger partial charge in [-0.15, -0.1) is 0 Å². The van der Waals surface area contributed by atoms with Gasteiger partial charge in [-0.25, -0.2) is 0 Å². The van der Waals surface area contributed by atoms with Gasteiger partial charge in [0.15, 0.2) is 5.78 Å². The molecule has 18 heavy (non-hydrogen) atoms. The van der Waals surface area contributed by atoms with Crippen LogP contribution in [0.15, 0.2) is 54.6 Å². The molecule has 92 valence electrons. The minimum atomic E-state index is 0.117. The van der Waals surface area contributed by atoms with Crippen molar-refractivity contribution in [2.45, 2.75) is 26.2 Å². The molecule has 0 aliphatic carbocycles. The third-order valence-corrected chi connectivity index (χ3v) is 3.38. The summed E-state index contributed by atoms with van der Waals surface area (Å²) in [5.74, 6) is 0.528. The fraction of sp³-hybridized carbons (Fsp3) is 0.235. The largest absolute Gasteiger partial charge is 0.289 e. The monoisotopic (exact) mass is 238 g/mol. The van der Waals surface area contributed by atoms with Crippen LogP contribution in [-0.2, 0) is 0 Å². The molecule has 0 aliphatic heterocycles. The van der Waals surface area contributed by atoms with Crippen LogP contribution in [0.25, 0.3) is 0 Å². The zero-order chi connectivity index (χ0) is 13.0. The van der Waals surface area contributed by atoms with Gasteiger partial charge in [-0.2, -0.15) is 0 Å². The van der Waals surface area contributed by atoms with Gasteiger partial charge in [-0.1, -0.05) is 68.4 Å². The van der Waals surface area contributed by atoms with Crippen LogP contribution < -0.4 is 0 Å². The number of hydrogen-bond donors (Lipinski definition) is 0. The van der Waals surface area contributed by atoms with Crippen LogP contribution in [0.4, 0.5) is 0 Å². The van der Waals surface area contributed by atoms with Gasteiger partial charge in [-0.3, -0.25) is 4.79 Å². The molecule has 0 radical (unpaired) electrons. The first-order chi connectivity index (χ1) is 8.74. The quantitative estimate of drug-likeness (QED) is 0.720. The molecule has 2 aromatic rings. The summed E-state index contributed by atoms with van der Waals surface area (Å²) in [6.45, 7) is 4.31. The third-order valence-electron chi connectivity index (χ3n) is 3.38. The van der Waals surface area contributed by atoms with E-state index < -0.39 is 0 Å². The fourth-order valence-electron chi connectivity index (χ4n) is 2.10. The first-order valence-electron chi connectivity index (χ1n) is 6.42. The summed E-state index contributed by atoms with van der Waals surface area (Å²) in [6.07, 6.45) is 1.04. The molecule has 1 unspecified atom stereocenters. The number of carbonyl (C=O) groups is 1. The summed E-state index contributed by atoms with van der Waals surface area (Å²) in [7, 11) is 0. The number of benzene rings is 2. The Labute approximate surface area is 108 Å². The predicted octanol–water partition coefficient (Wildman–Crippen LogP) is 4.43. The predicted molar refractivity (Wildman–Crippen MR) is 75.0 cm³/mol. The van der Waals surface area contributed by atoms with Crippen LogP contribution in [0, 0.1) is 0 Å². The molecule has 0 aliphatic rings. The summed E-state index contributed by atoms with van der Waals surface area (Å²) in [6, 6.07) is 17.4. The normalized spacial score (nSPS) is 12.1. The van der Waals surface area contributed by atoms with Crippen molar-refractivity contribution in [3.05, 3.63) is 71.3 Å². The lowest BCUT2D eigenvalue weighted by molar-refractivity contribution is 0.103. The van der Waals surface area contributed by atoms with Crippen molar-refractivity contribution in [3.63, 3.8) is 0 Å². The highest BCUT2D eigenvalue weighted by Gasteiger charge is 2.15. The molecule has 0 saturated heterocycles. The molecular formula is C17H18O. The number of hydrogen-bond acceptors (Lipinski definition) is 1. The number of ketones is 1. The van der Waals surface area contributed by atoms with Crippen LogP contribution in [0.3, 0.4) is 0 Å². The Morgan fingerprint density at radius 3 is 2.28 bits per heavy atom. The van der Waals surface area contributed by atoms with Gasteiger partial charge >= 0.3 is 0 Å². The van der Waals surface area contributed by atoms with E-state index in [9.17, 15) is 4.79 Å². The molecule has 0 aromatic heterocycles. The number of carbonyl (C=O) groups excluding carboxylic acids is 1. The zero-order valence-electron chi connectivity index (χ0n) is 10.9. The smallest absolute Gasteiger partial charge is 0.193 e. The lowest BCUT2D eigenvalue weighted by atomic mass is 9.90. The van der Waals surface area contributed by atoms with Gasteiger partial charge < -0.3 is 0 Å². The van der Waals surface area contributed by atoms with E-state index in [2.05, 4.69) is 19.9 Å². The Bertz CT molecular complexity index is 528. The fourth-order valence-corrected chi connectivity index (χ4v) is 2.10. The van der Waals surface area contributed by atoms with Crippen LogP contribution in [0.2, 0.25) is 0 Å². The summed E-state index contributed by atoms with van der Waals surface area (Å²) < 4.78 is 0. The van der Waals surface area contributed by atoms with Gasteiger partial charge in [-0.05, 0) is 17.9 Å². The highest BCUT2D eigenvalue weighted by Crippen LogP contribution is 2.24. The van der Waals surface area contributed by atoms with Crippen molar-refractivity contribution in [1.29, 1.82) is 0 Å². The SMILES string of the molecule is CCC(C)c1ccccc1C(=O)c1ccccc1. The van der Waals surface area contributed by atoms with Crippen LogP contribution in [0.5, 0.6) is 0 Å². The van der Waals surface area contributed by atoms with Crippen molar-refractivity contribution >= 4 is 5.78 Å². The van der Waals surface area contributed by atoms with Crippen LogP contribution in [-0.4, -0.2) is 5.78 Å². The Hall–Kier alpha value is -1.89. The minimum Gasteiger partial charge on any atom is -0.289 e. The molecular weight excluding hydrogens is 220 g/mol. The first-order valence-corrected chi connectivity index (χ1v) is 6.42. The molecule has 2 rings (SSSR count). The van der Waals surface area contributed by atoms with Gasteiger partial charge in [0.2, 0.25) is 0 Å². The molecule has 0 N–H and O–H groups in total. The third kappa shape index (κ3) is 2.51. The Balaban J connectivity index is 2.43. The van der Waals surface area contributed by atoms with Gasteiger partial charge in [0, 0.05) is 11.1 Å². The summed E-state index contributed by atoms with van der Waals surface area (Å²) in [5.41, 5.74) is 2.74. The average Bonchev–Trinajstić information content (AvgIpc) is 2.46. The molecule has 0 fully saturated rings. The zero-order valence-corrected chi connectivity index (χ0v) is 10.9. The lowest BCUT2D eigenvalue weighted by Crippen LogP contribution is -2.07. The summed E-state index contributed by atoms with van der Waals surface area (Å²) in [4.78, 5) is 12.5. The molecule has 0 heterocycles. The summed E-state index contributed by atoms with van der Waals surface area (Å²) >= 11 is 0. The van der Waals surface area contributed by atoms with E-state index in [1.165, 1.54) is 0 Å². The van der Waals surface area contributed by atoms with Crippen molar-refractivity contribution in [1.82, 2.24) is 0 Å². The maximum absolute atomic E-state index is 12.5. The van der Waals surface area contributed by atoms with E-state index in [0.29, 0.717) is 5.92 Å². The molecule has 0 saturated carbocycles. The second-order valence-corrected chi connectivity index (χ2v) is 4.59. The van der Waals surface area contributed by atoms with Crippen molar-refractivity contribution < 1.29 is 4.79 Å². The van der Waals surface area contributed by atoms with E-state index in [-0.39, 0.29) is 5.78 Å². The maximum atomic E-state index is 12.5. The molecule has 1 atom stereocenters. The molecule has 2 aromatic carbocycles. The van der Waals surface area contributed by atoms with E-state index in [0.717, 1.165) is 23.1 Å². The van der Waals surface area contributed by atoms with E-state index in [1.54, 1.807) is 0 Å². The maximum Gasteiger partial charge on any atom is 0.193 e. The van der Waals surface area contributed by atoms with Crippen molar-refractivity contribution in [2.24, 2.45) is 0 Å². The Kier molecular flexibility index (Phi) is 3.93. The van der Waals surface area contributed by atoms with E-state index in [4.69, 9.17) is 0 Å².